The van der Waals surface area contributed by atoms with Crippen molar-refractivity contribution in [3.05, 3.63) is 109 Å². The third-order valence-electron chi connectivity index (χ3n) is 6.13. The SMILES string of the molecule is CCOc1cc(/C=C2\SC(=O)N(Cc3cccc4ccccc34)C2=O)cc(I)c1OCc1c(F)cccc1Cl. The highest BCUT2D eigenvalue weighted by Crippen LogP contribution is 2.39. The van der Waals surface area contributed by atoms with Crippen molar-refractivity contribution in [2.45, 2.75) is 20.1 Å². The molecule has 4 aromatic carbocycles. The summed E-state index contributed by atoms with van der Waals surface area (Å²) in [6.45, 7) is 2.33. The van der Waals surface area contributed by atoms with E-state index in [1.165, 1.54) is 17.0 Å². The molecule has 0 aromatic heterocycles. The molecule has 5 rings (SSSR count). The Morgan fingerprint density at radius 3 is 2.59 bits per heavy atom. The van der Waals surface area contributed by atoms with E-state index in [0.717, 1.165) is 28.1 Å². The molecule has 0 N–H and O–H groups in total. The van der Waals surface area contributed by atoms with E-state index in [-0.39, 0.29) is 34.9 Å². The first kappa shape index (κ1) is 27.5. The highest BCUT2D eigenvalue weighted by molar-refractivity contribution is 14.1. The predicted octanol–water partition coefficient (Wildman–Crippen LogP) is 8.45. The zero-order chi connectivity index (χ0) is 27.5. The number of thioether (sulfide) groups is 1. The topological polar surface area (TPSA) is 55.8 Å². The van der Waals surface area contributed by atoms with E-state index in [2.05, 4.69) is 22.6 Å². The number of amides is 2. The summed E-state index contributed by atoms with van der Waals surface area (Å²) >= 11 is 9.16. The van der Waals surface area contributed by atoms with Gasteiger partial charge in [0.1, 0.15) is 12.4 Å². The first-order chi connectivity index (χ1) is 18.9. The maximum Gasteiger partial charge on any atom is 0.293 e. The quantitative estimate of drug-likeness (QED) is 0.139. The summed E-state index contributed by atoms with van der Waals surface area (Å²) in [6, 6.07) is 21.8. The van der Waals surface area contributed by atoms with Gasteiger partial charge in [-0.25, -0.2) is 4.39 Å². The number of benzene rings is 4. The van der Waals surface area contributed by atoms with Crippen LogP contribution in [0.2, 0.25) is 5.02 Å². The van der Waals surface area contributed by atoms with Crippen LogP contribution in [0.25, 0.3) is 16.8 Å². The van der Waals surface area contributed by atoms with Crippen molar-refractivity contribution in [2.24, 2.45) is 0 Å². The molecular weight excluding hydrogens is 652 g/mol. The molecule has 39 heavy (non-hydrogen) atoms. The molecule has 4 aromatic rings. The molecule has 0 spiro atoms. The normalized spacial score (nSPS) is 14.5. The van der Waals surface area contributed by atoms with Crippen LogP contribution >= 0.6 is 46.0 Å². The standard InChI is InChI=1S/C30H22ClFINO4S/c1-2-37-26-14-18(13-25(33)28(26)38-17-22-23(31)11-6-12-24(22)32)15-27-29(35)34(30(36)39-27)16-20-9-5-8-19-7-3-4-10-21(19)20/h3-15H,2,16-17H2,1H3/b27-15-. The highest BCUT2D eigenvalue weighted by atomic mass is 127. The van der Waals surface area contributed by atoms with Gasteiger partial charge < -0.3 is 9.47 Å². The average Bonchev–Trinajstić information content (AvgIpc) is 3.17. The van der Waals surface area contributed by atoms with Crippen molar-refractivity contribution in [3.8, 4) is 11.5 Å². The molecule has 2 amide bonds. The van der Waals surface area contributed by atoms with Gasteiger partial charge in [-0.3, -0.25) is 14.5 Å². The van der Waals surface area contributed by atoms with Gasteiger partial charge in [-0.15, -0.1) is 0 Å². The molecule has 9 heteroatoms. The lowest BCUT2D eigenvalue weighted by atomic mass is 10.0. The van der Waals surface area contributed by atoms with E-state index in [9.17, 15) is 14.0 Å². The van der Waals surface area contributed by atoms with Gasteiger partial charge in [0, 0.05) is 5.56 Å². The van der Waals surface area contributed by atoms with Crippen molar-refractivity contribution in [1.82, 2.24) is 4.90 Å². The van der Waals surface area contributed by atoms with E-state index in [1.807, 2.05) is 55.5 Å². The number of hydrogen-bond donors (Lipinski definition) is 0. The summed E-state index contributed by atoms with van der Waals surface area (Å²) in [6.07, 6.45) is 1.68. The molecule has 1 aliphatic rings. The Balaban J connectivity index is 1.39. The fraction of sp³-hybridized carbons (Fsp3) is 0.133. The smallest absolute Gasteiger partial charge is 0.293 e. The highest BCUT2D eigenvalue weighted by Gasteiger charge is 2.35. The van der Waals surface area contributed by atoms with Crippen molar-refractivity contribution < 1.29 is 23.5 Å². The largest absolute Gasteiger partial charge is 0.490 e. The summed E-state index contributed by atoms with van der Waals surface area (Å²) in [5.41, 5.74) is 1.83. The van der Waals surface area contributed by atoms with Crippen LogP contribution in [0, 0.1) is 9.39 Å². The molecular formula is C30H22ClFINO4S. The van der Waals surface area contributed by atoms with Gasteiger partial charge in [0.05, 0.1) is 26.6 Å². The second kappa shape index (κ2) is 12.0. The Morgan fingerprint density at radius 2 is 1.79 bits per heavy atom. The summed E-state index contributed by atoms with van der Waals surface area (Å²) in [5.74, 6) is 0.0859. The van der Waals surface area contributed by atoms with Crippen LogP contribution in [0.15, 0.2) is 77.7 Å². The Labute approximate surface area is 248 Å². The molecule has 0 atom stereocenters. The van der Waals surface area contributed by atoms with Crippen molar-refractivity contribution in [1.29, 1.82) is 0 Å². The second-order valence-electron chi connectivity index (χ2n) is 8.66. The minimum absolute atomic E-state index is 0.0754. The van der Waals surface area contributed by atoms with Gasteiger partial charge in [-0.1, -0.05) is 60.1 Å². The monoisotopic (exact) mass is 673 g/mol. The Morgan fingerprint density at radius 1 is 1.03 bits per heavy atom. The first-order valence-corrected chi connectivity index (χ1v) is 14.4. The van der Waals surface area contributed by atoms with E-state index >= 15 is 0 Å². The molecule has 1 aliphatic heterocycles. The molecule has 1 fully saturated rings. The molecule has 0 aliphatic carbocycles. The van der Waals surface area contributed by atoms with Crippen LogP contribution in [0.5, 0.6) is 11.5 Å². The van der Waals surface area contributed by atoms with E-state index < -0.39 is 5.82 Å². The first-order valence-electron chi connectivity index (χ1n) is 12.1. The van der Waals surface area contributed by atoms with Crippen LogP contribution in [-0.4, -0.2) is 22.7 Å². The van der Waals surface area contributed by atoms with Gasteiger partial charge >= 0.3 is 0 Å². The number of nitrogens with zero attached hydrogens (tertiary/aromatic N) is 1. The van der Waals surface area contributed by atoms with Gasteiger partial charge in [0.15, 0.2) is 11.5 Å². The van der Waals surface area contributed by atoms with Crippen molar-refractivity contribution in [3.63, 3.8) is 0 Å². The number of imide groups is 1. The zero-order valence-corrected chi connectivity index (χ0v) is 24.5. The fourth-order valence-electron chi connectivity index (χ4n) is 4.28. The number of ether oxygens (including phenoxy) is 2. The van der Waals surface area contributed by atoms with Gasteiger partial charge in [-0.05, 0) is 93.5 Å². The van der Waals surface area contributed by atoms with E-state index in [4.69, 9.17) is 21.1 Å². The van der Waals surface area contributed by atoms with Crippen LogP contribution in [0.3, 0.4) is 0 Å². The third kappa shape index (κ3) is 5.92. The van der Waals surface area contributed by atoms with Crippen LogP contribution in [0.4, 0.5) is 9.18 Å². The van der Waals surface area contributed by atoms with Crippen LogP contribution in [-0.2, 0) is 17.9 Å². The second-order valence-corrected chi connectivity index (χ2v) is 11.2. The summed E-state index contributed by atoms with van der Waals surface area (Å²) in [7, 11) is 0. The van der Waals surface area contributed by atoms with Crippen LogP contribution in [0.1, 0.15) is 23.6 Å². The van der Waals surface area contributed by atoms with Crippen LogP contribution < -0.4 is 9.47 Å². The summed E-state index contributed by atoms with van der Waals surface area (Å²) < 4.78 is 26.7. The minimum atomic E-state index is -0.452. The lowest BCUT2D eigenvalue weighted by Crippen LogP contribution is -2.27. The summed E-state index contributed by atoms with van der Waals surface area (Å²) in [4.78, 5) is 27.7. The Bertz CT molecular complexity index is 1600. The molecule has 0 bridgehead atoms. The van der Waals surface area contributed by atoms with Gasteiger partial charge in [0.25, 0.3) is 11.1 Å². The lowest BCUT2D eigenvalue weighted by molar-refractivity contribution is -0.123. The molecule has 0 saturated carbocycles. The maximum atomic E-state index is 14.2. The number of fused-ring (bicyclic) bond motifs is 1. The lowest BCUT2D eigenvalue weighted by Gasteiger charge is -2.16. The number of rotatable bonds is 8. The maximum absolute atomic E-state index is 14.2. The van der Waals surface area contributed by atoms with E-state index in [1.54, 1.807) is 18.2 Å². The Kier molecular flexibility index (Phi) is 8.44. The number of halogens is 3. The van der Waals surface area contributed by atoms with Crippen molar-refractivity contribution >= 4 is 73.9 Å². The molecule has 1 saturated heterocycles. The van der Waals surface area contributed by atoms with Crippen molar-refractivity contribution in [2.75, 3.05) is 6.61 Å². The fourth-order valence-corrected chi connectivity index (χ4v) is 6.11. The summed E-state index contributed by atoms with van der Waals surface area (Å²) in [5, 5.41) is 2.01. The number of hydrogen-bond acceptors (Lipinski definition) is 5. The zero-order valence-electron chi connectivity index (χ0n) is 20.7. The third-order valence-corrected chi connectivity index (χ3v) is 8.20. The van der Waals surface area contributed by atoms with Gasteiger partial charge in [0.2, 0.25) is 0 Å². The molecule has 0 unspecified atom stereocenters. The number of carbonyl (C=O) groups excluding carboxylic acids is 2. The average molecular weight is 674 g/mol. The predicted molar refractivity (Wildman–Crippen MR) is 162 cm³/mol. The number of carbonyl (C=O) groups is 2. The Hall–Kier alpha value is -3.08. The molecule has 5 nitrogen and oxygen atoms in total. The minimum Gasteiger partial charge on any atom is -0.490 e. The van der Waals surface area contributed by atoms with Gasteiger partial charge in [-0.2, -0.15) is 0 Å². The molecule has 1 heterocycles. The van der Waals surface area contributed by atoms with E-state index in [0.29, 0.717) is 32.1 Å². The molecule has 0 radical (unpaired) electrons. The molecule has 198 valence electrons.